The minimum absolute atomic E-state index is 0.0966. The van der Waals surface area contributed by atoms with Gasteiger partial charge in [-0.25, -0.2) is 4.68 Å². The van der Waals surface area contributed by atoms with E-state index in [0.29, 0.717) is 22.9 Å². The molecule has 0 aliphatic rings. The van der Waals surface area contributed by atoms with Crippen molar-refractivity contribution in [2.75, 3.05) is 30.1 Å². The fourth-order valence-corrected chi connectivity index (χ4v) is 3.88. The summed E-state index contributed by atoms with van der Waals surface area (Å²) in [5.41, 5.74) is 1.62. The third kappa shape index (κ3) is 6.86. The van der Waals surface area contributed by atoms with E-state index in [2.05, 4.69) is 15.2 Å². The molecule has 12 heteroatoms. The van der Waals surface area contributed by atoms with E-state index in [0.717, 1.165) is 17.4 Å². The maximum absolute atomic E-state index is 12.3. The minimum atomic E-state index is -4.20. The summed E-state index contributed by atoms with van der Waals surface area (Å²) in [6.07, 6.45) is -0.0953. The van der Waals surface area contributed by atoms with Crippen LogP contribution < -0.4 is 4.90 Å². The third-order valence-corrected chi connectivity index (χ3v) is 5.33. The van der Waals surface area contributed by atoms with Gasteiger partial charge in [0, 0.05) is 24.2 Å². The van der Waals surface area contributed by atoms with E-state index in [1.54, 1.807) is 34.2 Å². The molecule has 0 aliphatic heterocycles. The first-order valence-corrected chi connectivity index (χ1v) is 10.4. The van der Waals surface area contributed by atoms with Crippen LogP contribution in [0.25, 0.3) is 5.69 Å². The van der Waals surface area contributed by atoms with E-state index in [4.69, 9.17) is 28.7 Å². The van der Waals surface area contributed by atoms with Crippen LogP contribution in [0.15, 0.2) is 35.9 Å². The Balaban J connectivity index is 2.17. The van der Waals surface area contributed by atoms with Crippen molar-refractivity contribution in [2.45, 2.75) is 19.5 Å². The standard InChI is InChI=1S/C17H19ClF3N5OS2/c1-3-25(14-10-26(23-15(14)18)12-5-4-7-22-9-12)16(28)13(24-27-2)11-29-8-6-17(19,20)21/h4-5,7,9-10H,3,6,8,11H2,1-2H3/b24-13+. The van der Waals surface area contributed by atoms with Crippen molar-refractivity contribution in [1.29, 1.82) is 0 Å². The molecule has 0 bridgehead atoms. The zero-order valence-corrected chi connectivity index (χ0v) is 18.1. The average Bonchev–Trinajstić information content (AvgIpc) is 3.06. The maximum atomic E-state index is 12.3. The number of thioether (sulfide) groups is 1. The highest BCUT2D eigenvalue weighted by atomic mass is 35.5. The zero-order valence-electron chi connectivity index (χ0n) is 15.7. The quantitative estimate of drug-likeness (QED) is 0.230. The summed E-state index contributed by atoms with van der Waals surface area (Å²) < 4.78 is 38.6. The molecule has 0 amide bonds. The molecule has 2 aromatic heterocycles. The average molecular weight is 466 g/mol. The molecule has 0 fully saturated rings. The molecule has 6 nitrogen and oxygen atoms in total. The number of thiocarbonyl (C=S) groups is 1. The number of alkyl halides is 3. The van der Waals surface area contributed by atoms with Gasteiger partial charge >= 0.3 is 6.18 Å². The summed E-state index contributed by atoms with van der Waals surface area (Å²) >= 11 is 12.9. The smallest absolute Gasteiger partial charge is 0.389 e. The number of hydrogen-bond acceptors (Lipinski definition) is 6. The van der Waals surface area contributed by atoms with E-state index in [9.17, 15) is 13.2 Å². The van der Waals surface area contributed by atoms with Gasteiger partial charge in [0.05, 0.1) is 24.5 Å². The van der Waals surface area contributed by atoms with E-state index in [-0.39, 0.29) is 16.7 Å². The molecule has 0 radical (unpaired) electrons. The molecule has 0 unspecified atom stereocenters. The van der Waals surface area contributed by atoms with Crippen LogP contribution >= 0.6 is 35.6 Å². The Morgan fingerprint density at radius 2 is 2.21 bits per heavy atom. The van der Waals surface area contributed by atoms with Gasteiger partial charge in [-0.05, 0) is 19.1 Å². The second-order valence-electron chi connectivity index (χ2n) is 5.65. The lowest BCUT2D eigenvalue weighted by atomic mass is 10.3. The number of halogens is 4. The largest absolute Gasteiger partial charge is 0.399 e. The van der Waals surface area contributed by atoms with Crippen molar-refractivity contribution in [2.24, 2.45) is 5.16 Å². The second-order valence-corrected chi connectivity index (χ2v) is 7.50. The molecule has 158 valence electrons. The Hall–Kier alpha value is -1.85. The molecule has 0 aliphatic carbocycles. The number of oxime groups is 1. The van der Waals surface area contributed by atoms with E-state index >= 15 is 0 Å². The Morgan fingerprint density at radius 3 is 2.79 bits per heavy atom. The molecule has 0 saturated heterocycles. The van der Waals surface area contributed by atoms with Crippen LogP contribution in [0, 0.1) is 0 Å². The van der Waals surface area contributed by atoms with Gasteiger partial charge in [0.1, 0.15) is 23.5 Å². The van der Waals surface area contributed by atoms with Gasteiger partial charge in [-0.2, -0.15) is 30.0 Å². The Morgan fingerprint density at radius 1 is 1.45 bits per heavy atom. The molecule has 2 aromatic rings. The number of nitrogens with zero attached hydrogens (tertiary/aromatic N) is 5. The van der Waals surface area contributed by atoms with Crippen LogP contribution in [-0.2, 0) is 4.84 Å². The zero-order chi connectivity index (χ0) is 21.4. The van der Waals surface area contributed by atoms with Gasteiger partial charge in [-0.1, -0.05) is 29.0 Å². The van der Waals surface area contributed by atoms with Crippen molar-refractivity contribution < 1.29 is 18.0 Å². The molecular formula is C17H19ClF3N5OS2. The van der Waals surface area contributed by atoms with E-state index in [1.807, 2.05) is 13.0 Å². The van der Waals surface area contributed by atoms with Crippen LogP contribution in [0.3, 0.4) is 0 Å². The highest BCUT2D eigenvalue weighted by molar-refractivity contribution is 8.00. The van der Waals surface area contributed by atoms with Crippen LogP contribution in [0.5, 0.6) is 0 Å². The predicted molar refractivity (Wildman–Crippen MR) is 114 cm³/mol. The summed E-state index contributed by atoms with van der Waals surface area (Å²) in [5, 5.41) is 8.40. The number of hydrogen-bond donors (Lipinski definition) is 0. The molecule has 0 spiro atoms. The fraction of sp³-hybridized carbons (Fsp3) is 0.412. The molecule has 0 atom stereocenters. The Labute approximate surface area is 181 Å². The van der Waals surface area contributed by atoms with Gasteiger partial charge in [0.15, 0.2) is 5.15 Å². The van der Waals surface area contributed by atoms with Crippen LogP contribution in [0.4, 0.5) is 18.9 Å². The number of aromatic nitrogens is 3. The summed E-state index contributed by atoms with van der Waals surface area (Å²) in [6, 6.07) is 3.60. The summed E-state index contributed by atoms with van der Waals surface area (Å²) in [7, 11) is 1.35. The van der Waals surface area contributed by atoms with Crippen molar-refractivity contribution in [3.8, 4) is 5.69 Å². The molecule has 0 N–H and O–H groups in total. The highest BCUT2D eigenvalue weighted by Gasteiger charge is 2.27. The number of pyridine rings is 1. The monoisotopic (exact) mass is 465 g/mol. The van der Waals surface area contributed by atoms with Crippen LogP contribution in [-0.4, -0.2) is 56.8 Å². The van der Waals surface area contributed by atoms with E-state index in [1.165, 1.54) is 7.11 Å². The third-order valence-electron chi connectivity index (χ3n) is 3.63. The van der Waals surface area contributed by atoms with Gasteiger partial charge in [0.2, 0.25) is 0 Å². The molecule has 2 rings (SSSR count). The first-order chi connectivity index (χ1) is 13.8. The van der Waals surface area contributed by atoms with Crippen LogP contribution in [0.1, 0.15) is 13.3 Å². The molecule has 0 saturated carbocycles. The lowest BCUT2D eigenvalue weighted by Gasteiger charge is -2.23. The fourth-order valence-electron chi connectivity index (χ4n) is 2.32. The highest BCUT2D eigenvalue weighted by Crippen LogP contribution is 2.27. The van der Waals surface area contributed by atoms with Gasteiger partial charge in [0.25, 0.3) is 0 Å². The maximum Gasteiger partial charge on any atom is 0.389 e. The Kier molecular flexibility index (Phi) is 8.72. The molecule has 0 aromatic carbocycles. The predicted octanol–water partition coefficient (Wildman–Crippen LogP) is 4.76. The van der Waals surface area contributed by atoms with Gasteiger partial charge in [-0.15, -0.1) is 0 Å². The van der Waals surface area contributed by atoms with Gasteiger partial charge < -0.3 is 9.74 Å². The van der Waals surface area contributed by atoms with Crippen molar-refractivity contribution >= 4 is 52.0 Å². The lowest BCUT2D eigenvalue weighted by molar-refractivity contribution is -0.129. The minimum Gasteiger partial charge on any atom is -0.399 e. The molecule has 29 heavy (non-hydrogen) atoms. The summed E-state index contributed by atoms with van der Waals surface area (Å²) in [6.45, 7) is 2.32. The number of anilines is 1. The lowest BCUT2D eigenvalue weighted by Crippen LogP contribution is -2.36. The molecular weight excluding hydrogens is 447 g/mol. The normalized spacial score (nSPS) is 12.1. The summed E-state index contributed by atoms with van der Waals surface area (Å²) in [4.78, 5) is 10.9. The Bertz CT molecular complexity index is 845. The van der Waals surface area contributed by atoms with E-state index < -0.39 is 12.6 Å². The first kappa shape index (κ1) is 23.4. The van der Waals surface area contributed by atoms with Crippen LogP contribution in [0.2, 0.25) is 5.15 Å². The number of rotatable bonds is 9. The second kappa shape index (κ2) is 10.8. The summed E-state index contributed by atoms with van der Waals surface area (Å²) in [5.74, 6) is 0.0777. The van der Waals surface area contributed by atoms with Crippen molar-refractivity contribution in [3.63, 3.8) is 0 Å². The van der Waals surface area contributed by atoms with Gasteiger partial charge in [-0.3, -0.25) is 4.98 Å². The first-order valence-electron chi connectivity index (χ1n) is 8.48. The topological polar surface area (TPSA) is 55.5 Å². The molecule has 2 heterocycles. The SMILES string of the molecule is CCN(C(=S)/C(CSCCC(F)(F)F)=N/OC)c1cn(-c2cccnc2)nc1Cl. The van der Waals surface area contributed by atoms with Crippen molar-refractivity contribution in [1.82, 2.24) is 14.8 Å². The van der Waals surface area contributed by atoms with Crippen molar-refractivity contribution in [3.05, 3.63) is 35.9 Å².